The summed E-state index contributed by atoms with van der Waals surface area (Å²) in [6.07, 6.45) is 3.65. The second-order valence-electron chi connectivity index (χ2n) is 7.71. The molecular formula is C22H28N4O6S. The fourth-order valence-corrected chi connectivity index (χ4v) is 5.20. The first-order valence-corrected chi connectivity index (χ1v) is 12.2. The fraction of sp³-hybridized carbons (Fsp3) is 0.409. The summed E-state index contributed by atoms with van der Waals surface area (Å²) in [7, 11) is -2.14. The molecule has 2 aromatic rings. The van der Waals surface area contributed by atoms with Crippen molar-refractivity contribution in [2.45, 2.75) is 30.6 Å². The number of nitrogens with one attached hydrogen (secondary N) is 2. The summed E-state index contributed by atoms with van der Waals surface area (Å²) >= 11 is 0. The van der Waals surface area contributed by atoms with Crippen molar-refractivity contribution in [2.75, 3.05) is 44.0 Å². The Morgan fingerprint density at radius 1 is 1.12 bits per heavy atom. The molecule has 1 fully saturated rings. The lowest BCUT2D eigenvalue weighted by Crippen LogP contribution is -2.32. The van der Waals surface area contributed by atoms with Crippen molar-refractivity contribution in [3.8, 4) is 0 Å². The molecule has 0 spiro atoms. The van der Waals surface area contributed by atoms with Gasteiger partial charge in [0.2, 0.25) is 10.0 Å². The molecule has 1 amide bonds. The molecule has 0 bridgehead atoms. The number of rotatable bonds is 9. The number of carbonyl (C=O) groups is 1. The van der Waals surface area contributed by atoms with Crippen molar-refractivity contribution in [2.24, 2.45) is 0 Å². The summed E-state index contributed by atoms with van der Waals surface area (Å²) < 4.78 is 32.6. The second-order valence-corrected chi connectivity index (χ2v) is 9.64. The van der Waals surface area contributed by atoms with Crippen molar-refractivity contribution in [1.29, 1.82) is 0 Å². The van der Waals surface area contributed by atoms with Gasteiger partial charge < -0.3 is 15.4 Å². The molecule has 178 valence electrons. The summed E-state index contributed by atoms with van der Waals surface area (Å²) in [5, 5.41) is 16.9. The van der Waals surface area contributed by atoms with E-state index in [0.29, 0.717) is 31.9 Å². The second kappa shape index (κ2) is 11.2. The third-order valence-electron chi connectivity index (χ3n) is 5.37. The number of amides is 1. The third-order valence-corrected chi connectivity index (χ3v) is 7.27. The molecule has 33 heavy (non-hydrogen) atoms. The molecule has 0 aromatic heterocycles. The highest BCUT2D eigenvalue weighted by Crippen LogP contribution is 2.26. The molecule has 1 heterocycles. The van der Waals surface area contributed by atoms with Crippen LogP contribution in [0.2, 0.25) is 0 Å². The smallest absolute Gasteiger partial charge is 0.270 e. The average molecular weight is 477 g/mol. The van der Waals surface area contributed by atoms with Gasteiger partial charge in [-0.2, -0.15) is 4.31 Å². The Kier molecular flexibility index (Phi) is 8.37. The van der Waals surface area contributed by atoms with Crippen molar-refractivity contribution < 1.29 is 22.9 Å². The van der Waals surface area contributed by atoms with Gasteiger partial charge in [0.25, 0.3) is 11.6 Å². The number of anilines is 2. The van der Waals surface area contributed by atoms with E-state index in [0.717, 1.165) is 25.7 Å². The number of carbonyl (C=O) groups excluding carboxylic acids is 1. The van der Waals surface area contributed by atoms with E-state index in [9.17, 15) is 23.3 Å². The maximum atomic E-state index is 13.1. The molecule has 1 saturated heterocycles. The maximum Gasteiger partial charge on any atom is 0.270 e. The molecule has 0 aliphatic carbocycles. The predicted molar refractivity (Wildman–Crippen MR) is 125 cm³/mol. The van der Waals surface area contributed by atoms with Crippen molar-refractivity contribution >= 4 is 33.0 Å². The van der Waals surface area contributed by atoms with Crippen LogP contribution >= 0.6 is 0 Å². The minimum Gasteiger partial charge on any atom is -0.383 e. The summed E-state index contributed by atoms with van der Waals surface area (Å²) in [5.41, 5.74) is 0.532. The number of ether oxygens (including phenoxy) is 1. The molecule has 10 nitrogen and oxygen atoms in total. The van der Waals surface area contributed by atoms with E-state index in [2.05, 4.69) is 10.6 Å². The number of nitro benzene ring substituents is 1. The highest BCUT2D eigenvalue weighted by atomic mass is 32.2. The normalized spacial score (nSPS) is 14.9. The summed E-state index contributed by atoms with van der Waals surface area (Å²) in [6, 6.07) is 10.0. The van der Waals surface area contributed by atoms with Gasteiger partial charge in [-0.1, -0.05) is 18.9 Å². The van der Waals surface area contributed by atoms with Crippen LogP contribution < -0.4 is 10.6 Å². The molecule has 2 aromatic carbocycles. The summed E-state index contributed by atoms with van der Waals surface area (Å²) in [4.78, 5) is 23.7. The Morgan fingerprint density at radius 2 is 1.85 bits per heavy atom. The fourth-order valence-electron chi connectivity index (χ4n) is 3.64. The number of nitro groups is 1. The van der Waals surface area contributed by atoms with Crippen molar-refractivity contribution in [3.63, 3.8) is 0 Å². The molecule has 0 saturated carbocycles. The van der Waals surface area contributed by atoms with E-state index in [4.69, 9.17) is 4.74 Å². The van der Waals surface area contributed by atoms with Gasteiger partial charge >= 0.3 is 0 Å². The van der Waals surface area contributed by atoms with Crippen LogP contribution in [0.3, 0.4) is 0 Å². The van der Waals surface area contributed by atoms with Gasteiger partial charge in [-0.05, 0) is 37.1 Å². The van der Waals surface area contributed by atoms with Gasteiger partial charge in [-0.3, -0.25) is 14.9 Å². The molecule has 1 aliphatic heterocycles. The van der Waals surface area contributed by atoms with Crippen LogP contribution in [0.1, 0.15) is 36.0 Å². The SMILES string of the molecule is COCCNc1ccc([N+](=O)[O-])cc1C(=O)Nc1cccc(S(=O)(=O)N2CCCCCC2)c1. The first-order chi connectivity index (χ1) is 15.8. The lowest BCUT2D eigenvalue weighted by Gasteiger charge is -2.20. The number of nitrogens with zero attached hydrogens (tertiary/aromatic N) is 2. The minimum atomic E-state index is -3.68. The van der Waals surface area contributed by atoms with Crippen LogP contribution in [0.15, 0.2) is 47.4 Å². The summed E-state index contributed by atoms with van der Waals surface area (Å²) in [5.74, 6) is -0.595. The topological polar surface area (TPSA) is 131 Å². The van der Waals surface area contributed by atoms with Crippen LogP contribution in [-0.2, 0) is 14.8 Å². The van der Waals surface area contributed by atoms with E-state index in [1.165, 1.54) is 41.7 Å². The lowest BCUT2D eigenvalue weighted by atomic mass is 10.1. The number of hydrogen-bond acceptors (Lipinski definition) is 7. The Bertz CT molecular complexity index is 1100. The van der Waals surface area contributed by atoms with E-state index >= 15 is 0 Å². The Morgan fingerprint density at radius 3 is 2.52 bits per heavy atom. The first kappa shape index (κ1) is 24.6. The average Bonchev–Trinajstić information content (AvgIpc) is 3.10. The van der Waals surface area contributed by atoms with E-state index in [-0.39, 0.29) is 21.8 Å². The molecule has 0 unspecified atom stereocenters. The monoisotopic (exact) mass is 476 g/mol. The lowest BCUT2D eigenvalue weighted by molar-refractivity contribution is -0.384. The highest BCUT2D eigenvalue weighted by molar-refractivity contribution is 7.89. The zero-order chi connectivity index (χ0) is 23.8. The molecular weight excluding hydrogens is 448 g/mol. The van der Waals surface area contributed by atoms with Crippen LogP contribution in [0.25, 0.3) is 0 Å². The van der Waals surface area contributed by atoms with Gasteiger partial charge in [0.15, 0.2) is 0 Å². The molecule has 1 aliphatic rings. The minimum absolute atomic E-state index is 0.0704. The van der Waals surface area contributed by atoms with Gasteiger partial charge in [0, 0.05) is 50.3 Å². The maximum absolute atomic E-state index is 13.1. The zero-order valence-electron chi connectivity index (χ0n) is 18.5. The quantitative estimate of drug-likeness (QED) is 0.322. The van der Waals surface area contributed by atoms with Gasteiger partial charge in [-0.15, -0.1) is 0 Å². The molecule has 3 rings (SSSR count). The van der Waals surface area contributed by atoms with Crippen LogP contribution in [-0.4, -0.2) is 56.9 Å². The van der Waals surface area contributed by atoms with E-state index in [1.54, 1.807) is 12.1 Å². The zero-order valence-corrected chi connectivity index (χ0v) is 19.3. The van der Waals surface area contributed by atoms with Gasteiger partial charge in [-0.25, -0.2) is 8.42 Å². The highest BCUT2D eigenvalue weighted by Gasteiger charge is 2.25. The van der Waals surface area contributed by atoms with Gasteiger partial charge in [0.05, 0.1) is 22.0 Å². The van der Waals surface area contributed by atoms with Gasteiger partial charge in [0.1, 0.15) is 0 Å². The standard InChI is InChI=1S/C22H28N4O6S/c1-32-14-11-23-21-10-9-18(26(28)29)16-20(21)22(27)24-17-7-6-8-19(15-17)33(30,31)25-12-4-2-3-5-13-25/h6-10,15-16,23H,2-5,11-14H2,1H3,(H,24,27). The number of hydrogen-bond donors (Lipinski definition) is 2. The first-order valence-electron chi connectivity index (χ1n) is 10.8. The number of sulfonamides is 1. The predicted octanol–water partition coefficient (Wildman–Crippen LogP) is 3.47. The Balaban J connectivity index is 1.84. The third kappa shape index (κ3) is 6.28. The van der Waals surface area contributed by atoms with E-state index in [1.807, 2.05) is 0 Å². The summed E-state index contributed by atoms with van der Waals surface area (Å²) in [6.45, 7) is 1.73. The van der Waals surface area contributed by atoms with Crippen LogP contribution in [0, 0.1) is 10.1 Å². The van der Waals surface area contributed by atoms with Crippen LogP contribution in [0.4, 0.5) is 17.1 Å². The number of methoxy groups -OCH3 is 1. The van der Waals surface area contributed by atoms with Crippen LogP contribution in [0.5, 0.6) is 0 Å². The molecule has 0 radical (unpaired) electrons. The number of benzene rings is 2. The largest absolute Gasteiger partial charge is 0.383 e. The molecule has 2 N–H and O–H groups in total. The molecule has 11 heteroatoms. The van der Waals surface area contributed by atoms with Crippen molar-refractivity contribution in [3.05, 3.63) is 58.1 Å². The van der Waals surface area contributed by atoms with Crippen molar-refractivity contribution in [1.82, 2.24) is 4.31 Å². The Hall–Kier alpha value is -3.02. The molecule has 0 atom stereocenters. The Labute approximate surface area is 193 Å². The van der Waals surface area contributed by atoms with E-state index < -0.39 is 20.9 Å². The number of non-ortho nitro benzene ring substituents is 1.